The van der Waals surface area contributed by atoms with E-state index in [1.54, 1.807) is 6.92 Å². The van der Waals surface area contributed by atoms with Crippen LogP contribution in [0.1, 0.15) is 33.6 Å². The minimum Gasteiger partial charge on any atom is -0.354 e. The Kier molecular flexibility index (Phi) is 10.2. The maximum atomic E-state index is 11.8. The molecule has 0 aromatic rings. The monoisotopic (exact) mass is 324 g/mol. The summed E-state index contributed by atoms with van der Waals surface area (Å²) in [5, 5.41) is 4.87. The van der Waals surface area contributed by atoms with E-state index in [1.807, 2.05) is 13.8 Å². The summed E-state index contributed by atoms with van der Waals surface area (Å²) in [7, 11) is -4.20. The minimum absolute atomic E-state index is 0.0696. The predicted molar refractivity (Wildman–Crippen MR) is 77.5 cm³/mol. The van der Waals surface area contributed by atoms with Crippen molar-refractivity contribution in [3.05, 3.63) is 0 Å². The van der Waals surface area contributed by atoms with E-state index in [-0.39, 0.29) is 6.61 Å². The third-order valence-electron chi connectivity index (χ3n) is 2.47. The van der Waals surface area contributed by atoms with Crippen LogP contribution in [0.4, 0.5) is 0 Å². The van der Waals surface area contributed by atoms with Crippen LogP contribution in [0.2, 0.25) is 0 Å². The van der Waals surface area contributed by atoms with Crippen molar-refractivity contribution in [2.24, 2.45) is 5.92 Å². The number of hydrogen-bond donors (Lipinski definition) is 3. The van der Waals surface area contributed by atoms with Gasteiger partial charge in [-0.05, 0) is 18.8 Å². The SMILES string of the molecule is CCCOP(=O)(O)OCC(NC=O)C(=O)NCCC(C)C. The highest BCUT2D eigenvalue weighted by atomic mass is 31.2. The first-order chi connectivity index (χ1) is 9.82. The molecule has 0 radical (unpaired) electrons. The van der Waals surface area contributed by atoms with Crippen molar-refractivity contribution in [3.63, 3.8) is 0 Å². The summed E-state index contributed by atoms with van der Waals surface area (Å²) in [4.78, 5) is 31.7. The van der Waals surface area contributed by atoms with Crippen molar-refractivity contribution in [3.8, 4) is 0 Å². The molecular weight excluding hydrogens is 299 g/mol. The average Bonchev–Trinajstić information content (AvgIpc) is 2.40. The lowest BCUT2D eigenvalue weighted by molar-refractivity contribution is -0.126. The molecule has 0 fully saturated rings. The van der Waals surface area contributed by atoms with Crippen LogP contribution in [0.25, 0.3) is 0 Å². The Labute approximate surface area is 125 Å². The number of hydrogen-bond acceptors (Lipinski definition) is 5. The highest BCUT2D eigenvalue weighted by Crippen LogP contribution is 2.43. The van der Waals surface area contributed by atoms with E-state index in [1.165, 1.54) is 0 Å². The molecule has 0 aromatic carbocycles. The summed E-state index contributed by atoms with van der Waals surface area (Å²) < 4.78 is 20.8. The third kappa shape index (κ3) is 10.4. The highest BCUT2D eigenvalue weighted by Gasteiger charge is 2.26. The second kappa shape index (κ2) is 10.7. The second-order valence-electron chi connectivity index (χ2n) is 4.91. The molecule has 0 heterocycles. The van der Waals surface area contributed by atoms with Crippen molar-refractivity contribution < 1.29 is 28.1 Å². The lowest BCUT2D eigenvalue weighted by Crippen LogP contribution is -2.46. The Morgan fingerprint density at radius 3 is 2.57 bits per heavy atom. The molecule has 3 N–H and O–H groups in total. The average molecular weight is 324 g/mol. The van der Waals surface area contributed by atoms with Gasteiger partial charge >= 0.3 is 7.82 Å². The van der Waals surface area contributed by atoms with E-state index in [0.29, 0.717) is 25.3 Å². The van der Waals surface area contributed by atoms with E-state index >= 15 is 0 Å². The fraction of sp³-hybridized carbons (Fsp3) is 0.833. The van der Waals surface area contributed by atoms with Gasteiger partial charge in [0.15, 0.2) is 0 Å². The zero-order valence-corrected chi connectivity index (χ0v) is 13.6. The zero-order chi connectivity index (χ0) is 16.3. The summed E-state index contributed by atoms with van der Waals surface area (Å²) in [5.74, 6) is -0.0441. The summed E-state index contributed by atoms with van der Waals surface area (Å²) in [6, 6.07) is -1.04. The van der Waals surface area contributed by atoms with E-state index in [2.05, 4.69) is 15.2 Å². The first kappa shape index (κ1) is 20.1. The number of rotatable bonds is 12. The van der Waals surface area contributed by atoms with E-state index in [9.17, 15) is 19.0 Å². The van der Waals surface area contributed by atoms with Crippen LogP contribution in [0.15, 0.2) is 0 Å². The highest BCUT2D eigenvalue weighted by molar-refractivity contribution is 7.47. The van der Waals surface area contributed by atoms with Gasteiger partial charge in [0, 0.05) is 6.54 Å². The first-order valence-electron chi connectivity index (χ1n) is 6.91. The van der Waals surface area contributed by atoms with Gasteiger partial charge in [0.05, 0.1) is 13.2 Å². The second-order valence-corrected chi connectivity index (χ2v) is 6.36. The number of carbonyl (C=O) groups excluding carboxylic acids is 2. The van der Waals surface area contributed by atoms with Crippen molar-refractivity contribution in [1.29, 1.82) is 0 Å². The lowest BCUT2D eigenvalue weighted by Gasteiger charge is -2.18. The Balaban J connectivity index is 4.31. The van der Waals surface area contributed by atoms with Crippen LogP contribution in [-0.2, 0) is 23.2 Å². The van der Waals surface area contributed by atoms with Crippen molar-refractivity contribution in [2.45, 2.75) is 39.7 Å². The van der Waals surface area contributed by atoms with Gasteiger partial charge in [-0.3, -0.25) is 18.6 Å². The van der Waals surface area contributed by atoms with Gasteiger partial charge in [-0.2, -0.15) is 0 Å². The number of amides is 2. The number of carbonyl (C=O) groups is 2. The molecule has 0 spiro atoms. The quantitative estimate of drug-likeness (QED) is 0.361. The number of phosphoric ester groups is 1. The molecule has 0 aliphatic heterocycles. The van der Waals surface area contributed by atoms with Gasteiger partial charge < -0.3 is 15.5 Å². The van der Waals surface area contributed by atoms with Gasteiger partial charge in [-0.15, -0.1) is 0 Å². The molecule has 0 saturated carbocycles. The molecule has 2 atom stereocenters. The molecule has 9 heteroatoms. The van der Waals surface area contributed by atoms with Crippen molar-refractivity contribution in [1.82, 2.24) is 10.6 Å². The standard InChI is InChI=1S/C12H25N2O6P/c1-4-7-19-21(17,18)20-8-11(14-9-15)12(16)13-6-5-10(2)3/h9-11H,4-8H2,1-3H3,(H,13,16)(H,14,15)(H,17,18). The van der Waals surface area contributed by atoms with Crippen molar-refractivity contribution in [2.75, 3.05) is 19.8 Å². The molecule has 2 amide bonds. The summed E-state index contributed by atoms with van der Waals surface area (Å²) in [5.41, 5.74) is 0. The summed E-state index contributed by atoms with van der Waals surface area (Å²) >= 11 is 0. The van der Waals surface area contributed by atoms with Crippen LogP contribution >= 0.6 is 7.82 Å². The molecule has 0 aliphatic carbocycles. The van der Waals surface area contributed by atoms with Crippen LogP contribution < -0.4 is 10.6 Å². The first-order valence-corrected chi connectivity index (χ1v) is 8.41. The van der Waals surface area contributed by atoms with Crippen molar-refractivity contribution >= 4 is 20.1 Å². The van der Waals surface area contributed by atoms with Crippen LogP contribution in [0.3, 0.4) is 0 Å². The molecular formula is C12H25N2O6P. The molecule has 0 aromatic heterocycles. The zero-order valence-electron chi connectivity index (χ0n) is 12.7. The number of nitrogens with one attached hydrogen (secondary N) is 2. The number of phosphoric acid groups is 1. The largest absolute Gasteiger partial charge is 0.472 e. The van der Waals surface area contributed by atoms with Gasteiger partial charge in [-0.1, -0.05) is 20.8 Å². The molecule has 21 heavy (non-hydrogen) atoms. The Hall–Kier alpha value is -0.950. The lowest BCUT2D eigenvalue weighted by atomic mass is 10.1. The minimum atomic E-state index is -4.20. The molecule has 0 bridgehead atoms. The topological polar surface area (TPSA) is 114 Å². The van der Waals surface area contributed by atoms with Crippen LogP contribution in [0.5, 0.6) is 0 Å². The summed E-state index contributed by atoms with van der Waals surface area (Å²) in [6.45, 7) is 5.90. The van der Waals surface area contributed by atoms with Gasteiger partial charge in [0.25, 0.3) is 0 Å². The third-order valence-corrected chi connectivity index (χ3v) is 3.45. The van der Waals surface area contributed by atoms with Gasteiger partial charge in [0.2, 0.25) is 12.3 Å². The smallest absolute Gasteiger partial charge is 0.354 e. The Morgan fingerprint density at radius 2 is 2.05 bits per heavy atom. The molecule has 0 rings (SSSR count). The van der Waals surface area contributed by atoms with Crippen LogP contribution in [-0.4, -0.2) is 43.0 Å². The Bertz CT molecular complexity index is 364. The fourth-order valence-electron chi connectivity index (χ4n) is 1.30. The fourth-order valence-corrected chi connectivity index (χ4v) is 2.13. The van der Waals surface area contributed by atoms with E-state index in [0.717, 1.165) is 6.42 Å². The Morgan fingerprint density at radius 1 is 1.38 bits per heavy atom. The maximum Gasteiger partial charge on any atom is 0.472 e. The molecule has 0 aliphatic rings. The molecule has 0 saturated heterocycles. The summed E-state index contributed by atoms with van der Waals surface area (Å²) in [6.07, 6.45) is 1.68. The molecule has 124 valence electrons. The normalized spacial score (nSPS) is 15.3. The molecule has 2 unspecified atom stereocenters. The van der Waals surface area contributed by atoms with Crippen LogP contribution in [0, 0.1) is 5.92 Å². The predicted octanol–water partition coefficient (Wildman–Crippen LogP) is 0.807. The van der Waals surface area contributed by atoms with E-state index in [4.69, 9.17) is 4.52 Å². The maximum absolute atomic E-state index is 11.8. The molecule has 8 nitrogen and oxygen atoms in total. The van der Waals surface area contributed by atoms with Gasteiger partial charge in [-0.25, -0.2) is 4.57 Å². The van der Waals surface area contributed by atoms with Gasteiger partial charge in [0.1, 0.15) is 6.04 Å². The van der Waals surface area contributed by atoms with E-state index < -0.39 is 26.4 Å².